The number of likely N-dealkylation sites (tertiary alicyclic amines) is 1. The molecule has 1 atom stereocenters. The van der Waals surface area contributed by atoms with E-state index in [1.54, 1.807) is 12.1 Å². The summed E-state index contributed by atoms with van der Waals surface area (Å²) in [5, 5.41) is 12.5. The third-order valence-corrected chi connectivity index (χ3v) is 6.81. The molecule has 1 aromatic carbocycles. The Hall–Kier alpha value is -3.15. The highest BCUT2D eigenvalue weighted by Gasteiger charge is 2.31. The number of piperazine rings is 1. The zero-order valence-electron chi connectivity index (χ0n) is 19.6. The molecule has 2 aliphatic rings. The Morgan fingerprint density at radius 3 is 2.68 bits per heavy atom. The summed E-state index contributed by atoms with van der Waals surface area (Å²) in [5.41, 5.74) is 3.16. The van der Waals surface area contributed by atoms with Crippen LogP contribution in [0.15, 0.2) is 30.5 Å². The number of pyridine rings is 1. The number of anilines is 1. The van der Waals surface area contributed by atoms with Gasteiger partial charge in [-0.1, -0.05) is 11.6 Å². The van der Waals surface area contributed by atoms with Gasteiger partial charge in [-0.15, -0.1) is 0 Å². The van der Waals surface area contributed by atoms with Crippen LogP contribution in [0.1, 0.15) is 46.9 Å². The molecule has 2 aromatic rings. The van der Waals surface area contributed by atoms with Gasteiger partial charge in [0.25, 0.3) is 5.91 Å². The largest absolute Gasteiger partial charge is 0.325 e. The molecule has 178 valence electrons. The van der Waals surface area contributed by atoms with Gasteiger partial charge in [-0.3, -0.25) is 9.69 Å². The SMILES string of the molecule is Cc1c(CN2CCN(C(=O)N3CCCC3)C(C)C2)cc(Cl)cc1NC(=O)c1ccnc(C#N)c1. The Balaban J connectivity index is 1.43. The van der Waals surface area contributed by atoms with Gasteiger partial charge in [0.15, 0.2) is 0 Å². The molecule has 1 N–H and O–H groups in total. The van der Waals surface area contributed by atoms with E-state index >= 15 is 0 Å². The average Bonchev–Trinajstić information content (AvgIpc) is 3.37. The molecule has 2 fully saturated rings. The van der Waals surface area contributed by atoms with E-state index in [1.807, 2.05) is 28.9 Å². The number of nitrogens with one attached hydrogen (secondary N) is 1. The van der Waals surface area contributed by atoms with Crippen LogP contribution in [0.3, 0.4) is 0 Å². The number of carbonyl (C=O) groups is 2. The van der Waals surface area contributed by atoms with E-state index < -0.39 is 0 Å². The molecule has 0 saturated carbocycles. The van der Waals surface area contributed by atoms with E-state index in [4.69, 9.17) is 16.9 Å². The lowest BCUT2D eigenvalue weighted by Gasteiger charge is -2.41. The van der Waals surface area contributed by atoms with Crippen LogP contribution < -0.4 is 5.32 Å². The summed E-state index contributed by atoms with van der Waals surface area (Å²) < 4.78 is 0. The summed E-state index contributed by atoms with van der Waals surface area (Å²) in [5.74, 6) is -0.321. The minimum atomic E-state index is -0.321. The van der Waals surface area contributed by atoms with Crippen molar-refractivity contribution in [2.45, 2.75) is 39.3 Å². The summed E-state index contributed by atoms with van der Waals surface area (Å²) >= 11 is 6.40. The zero-order chi connectivity index (χ0) is 24.2. The van der Waals surface area contributed by atoms with Crippen molar-refractivity contribution in [2.75, 3.05) is 38.0 Å². The molecular formula is C25H29ClN6O2. The fourth-order valence-electron chi connectivity index (χ4n) is 4.65. The van der Waals surface area contributed by atoms with Crippen molar-refractivity contribution in [1.82, 2.24) is 19.7 Å². The number of carbonyl (C=O) groups excluding carboxylic acids is 2. The summed E-state index contributed by atoms with van der Waals surface area (Å²) in [6, 6.07) is 8.92. The highest BCUT2D eigenvalue weighted by atomic mass is 35.5. The highest BCUT2D eigenvalue weighted by molar-refractivity contribution is 6.31. The van der Waals surface area contributed by atoms with E-state index in [-0.39, 0.29) is 23.7 Å². The first kappa shape index (κ1) is 24.0. The molecule has 0 spiro atoms. The van der Waals surface area contributed by atoms with E-state index in [9.17, 15) is 9.59 Å². The van der Waals surface area contributed by atoms with Crippen LogP contribution >= 0.6 is 11.6 Å². The third kappa shape index (κ3) is 5.32. The molecule has 3 amide bonds. The first-order chi connectivity index (χ1) is 16.4. The van der Waals surface area contributed by atoms with Crippen molar-refractivity contribution < 1.29 is 9.59 Å². The fraction of sp³-hybridized carbons (Fsp3) is 0.440. The number of nitrogens with zero attached hydrogens (tertiary/aromatic N) is 5. The maximum absolute atomic E-state index is 12.8. The van der Waals surface area contributed by atoms with E-state index in [1.165, 1.54) is 12.3 Å². The standard InChI is InChI=1S/C25H29ClN6O2/c1-17-15-30(9-10-32(17)25(34)31-7-3-4-8-31)16-20-11-21(26)13-23(18(20)2)29-24(33)19-5-6-28-22(12-19)14-27/h5-6,11-13,17H,3-4,7-10,15-16H2,1-2H3,(H,29,33). The van der Waals surface area contributed by atoms with Gasteiger partial charge in [0.1, 0.15) is 11.8 Å². The predicted molar refractivity (Wildman–Crippen MR) is 131 cm³/mol. The Morgan fingerprint density at radius 1 is 1.21 bits per heavy atom. The van der Waals surface area contributed by atoms with Crippen LogP contribution in [0.5, 0.6) is 0 Å². The van der Waals surface area contributed by atoms with E-state index in [0.29, 0.717) is 29.4 Å². The van der Waals surface area contributed by atoms with Crippen molar-refractivity contribution in [1.29, 1.82) is 5.26 Å². The number of amides is 3. The second-order valence-electron chi connectivity index (χ2n) is 8.99. The van der Waals surface area contributed by atoms with Gasteiger partial charge in [-0.25, -0.2) is 9.78 Å². The van der Waals surface area contributed by atoms with Gasteiger partial charge in [-0.2, -0.15) is 5.26 Å². The second-order valence-corrected chi connectivity index (χ2v) is 9.42. The molecule has 3 heterocycles. The number of nitriles is 1. The van der Waals surface area contributed by atoms with Crippen LogP contribution in [-0.2, 0) is 6.54 Å². The first-order valence-electron chi connectivity index (χ1n) is 11.6. The molecule has 8 nitrogen and oxygen atoms in total. The number of rotatable bonds is 4. The minimum absolute atomic E-state index is 0.126. The quantitative estimate of drug-likeness (QED) is 0.716. The third-order valence-electron chi connectivity index (χ3n) is 6.59. The van der Waals surface area contributed by atoms with Crippen molar-refractivity contribution in [3.8, 4) is 6.07 Å². The Morgan fingerprint density at radius 2 is 1.97 bits per heavy atom. The molecule has 4 rings (SSSR count). The lowest BCUT2D eigenvalue weighted by Crippen LogP contribution is -2.56. The topological polar surface area (TPSA) is 92.6 Å². The molecule has 0 radical (unpaired) electrons. The molecule has 1 aromatic heterocycles. The number of halogens is 1. The monoisotopic (exact) mass is 480 g/mol. The van der Waals surface area contributed by atoms with Gasteiger partial charge in [0, 0.05) is 67.8 Å². The molecule has 9 heteroatoms. The maximum Gasteiger partial charge on any atom is 0.320 e. The smallest absolute Gasteiger partial charge is 0.320 e. The molecular weight excluding hydrogens is 452 g/mol. The van der Waals surface area contributed by atoms with Crippen LogP contribution in [0.25, 0.3) is 0 Å². The fourth-order valence-corrected chi connectivity index (χ4v) is 4.89. The van der Waals surface area contributed by atoms with Gasteiger partial charge >= 0.3 is 6.03 Å². The van der Waals surface area contributed by atoms with E-state index in [2.05, 4.69) is 22.1 Å². The zero-order valence-corrected chi connectivity index (χ0v) is 20.3. The van der Waals surface area contributed by atoms with Crippen LogP contribution in [0, 0.1) is 18.3 Å². The number of benzene rings is 1. The predicted octanol–water partition coefficient (Wildman–Crippen LogP) is 3.89. The van der Waals surface area contributed by atoms with E-state index in [0.717, 1.165) is 50.1 Å². The average molecular weight is 481 g/mol. The Bertz CT molecular complexity index is 1120. The van der Waals surface area contributed by atoms with Crippen LogP contribution in [0.2, 0.25) is 5.02 Å². The van der Waals surface area contributed by atoms with Crippen LogP contribution in [-0.4, -0.2) is 70.4 Å². The van der Waals surface area contributed by atoms with Gasteiger partial charge < -0.3 is 15.1 Å². The lowest BCUT2D eigenvalue weighted by molar-refractivity contribution is 0.0814. The van der Waals surface area contributed by atoms with Gasteiger partial charge in [0.05, 0.1) is 0 Å². The van der Waals surface area contributed by atoms with Gasteiger partial charge in [-0.05, 0) is 62.1 Å². The molecule has 2 aliphatic heterocycles. The van der Waals surface area contributed by atoms with Crippen molar-refractivity contribution in [3.63, 3.8) is 0 Å². The summed E-state index contributed by atoms with van der Waals surface area (Å²) in [6.45, 7) is 8.72. The normalized spacial score (nSPS) is 18.6. The molecule has 2 saturated heterocycles. The number of aromatic nitrogens is 1. The van der Waals surface area contributed by atoms with Crippen molar-refractivity contribution in [2.24, 2.45) is 0 Å². The molecule has 0 bridgehead atoms. The maximum atomic E-state index is 12.8. The van der Waals surface area contributed by atoms with Crippen LogP contribution in [0.4, 0.5) is 10.5 Å². The molecule has 34 heavy (non-hydrogen) atoms. The summed E-state index contributed by atoms with van der Waals surface area (Å²) in [7, 11) is 0. The lowest BCUT2D eigenvalue weighted by atomic mass is 10.0. The van der Waals surface area contributed by atoms with Crippen molar-refractivity contribution >= 4 is 29.2 Å². The van der Waals surface area contributed by atoms with Crippen molar-refractivity contribution in [3.05, 3.63) is 57.9 Å². The number of hydrogen-bond acceptors (Lipinski definition) is 5. The first-order valence-corrected chi connectivity index (χ1v) is 12.0. The molecule has 1 unspecified atom stereocenters. The Labute approximate surface area is 205 Å². The summed E-state index contributed by atoms with van der Waals surface area (Å²) in [6.07, 6.45) is 3.63. The Kier molecular flexibility index (Phi) is 7.35. The minimum Gasteiger partial charge on any atom is -0.325 e. The molecule has 0 aliphatic carbocycles. The number of urea groups is 1. The van der Waals surface area contributed by atoms with Gasteiger partial charge in [0.2, 0.25) is 0 Å². The second kappa shape index (κ2) is 10.4. The summed E-state index contributed by atoms with van der Waals surface area (Å²) in [4.78, 5) is 35.8. The number of hydrogen-bond donors (Lipinski definition) is 1. The highest BCUT2D eigenvalue weighted by Crippen LogP contribution is 2.27.